The minimum absolute atomic E-state index is 0.000981. The van der Waals surface area contributed by atoms with Gasteiger partial charge in [0.1, 0.15) is 5.75 Å². The fourth-order valence-electron chi connectivity index (χ4n) is 2.16. The molecule has 2 rings (SSSR count). The normalized spacial score (nSPS) is 19.4. The number of nitrogens with one attached hydrogen (secondary N) is 1. The molecule has 4 heteroatoms. The molecule has 0 saturated carbocycles. The molecule has 92 valence electrons. The maximum absolute atomic E-state index is 11.6. The molecule has 1 fully saturated rings. The van der Waals surface area contributed by atoms with Gasteiger partial charge < -0.3 is 15.0 Å². The van der Waals surface area contributed by atoms with Crippen LogP contribution in [0.1, 0.15) is 24.1 Å². The van der Waals surface area contributed by atoms with Crippen molar-refractivity contribution in [1.82, 2.24) is 10.2 Å². The van der Waals surface area contributed by atoms with Gasteiger partial charge in [-0.1, -0.05) is 17.7 Å². The molecule has 0 bridgehead atoms. The van der Waals surface area contributed by atoms with E-state index in [1.807, 2.05) is 26.0 Å². The lowest BCUT2D eigenvalue weighted by Gasteiger charge is -2.15. The van der Waals surface area contributed by atoms with Crippen LogP contribution in [0, 0.1) is 6.92 Å². The van der Waals surface area contributed by atoms with E-state index in [2.05, 4.69) is 11.4 Å². The third kappa shape index (κ3) is 2.20. The summed E-state index contributed by atoms with van der Waals surface area (Å²) in [6, 6.07) is 6.06. The topological polar surface area (TPSA) is 41.6 Å². The van der Waals surface area contributed by atoms with E-state index in [1.54, 1.807) is 12.0 Å². The average molecular weight is 234 g/mol. The van der Waals surface area contributed by atoms with Crippen molar-refractivity contribution >= 4 is 6.03 Å². The summed E-state index contributed by atoms with van der Waals surface area (Å²) in [6.07, 6.45) is 0. The molecule has 0 aliphatic carbocycles. The Hall–Kier alpha value is -1.71. The number of urea groups is 1. The van der Waals surface area contributed by atoms with Gasteiger partial charge >= 0.3 is 6.03 Å². The molecule has 0 aromatic heterocycles. The molecule has 1 N–H and O–H groups in total. The molecule has 17 heavy (non-hydrogen) atoms. The highest BCUT2D eigenvalue weighted by molar-refractivity contribution is 5.77. The second-order valence-electron chi connectivity index (χ2n) is 4.29. The lowest BCUT2D eigenvalue weighted by molar-refractivity contribution is 0.219. The fourth-order valence-corrected chi connectivity index (χ4v) is 2.16. The van der Waals surface area contributed by atoms with Crippen molar-refractivity contribution in [1.29, 1.82) is 0 Å². The number of aryl methyl sites for hydroxylation is 1. The maximum atomic E-state index is 11.6. The second kappa shape index (κ2) is 4.65. The number of hydrogen-bond acceptors (Lipinski definition) is 2. The number of benzene rings is 1. The smallest absolute Gasteiger partial charge is 0.318 e. The SMILES string of the molecule is CCN1CC(c2cc(C)ccc2OC)NC1=O. The second-order valence-corrected chi connectivity index (χ2v) is 4.29. The number of ether oxygens (including phenoxy) is 1. The number of methoxy groups -OCH3 is 1. The number of rotatable bonds is 3. The maximum Gasteiger partial charge on any atom is 0.318 e. The molecule has 1 unspecified atom stereocenters. The summed E-state index contributed by atoms with van der Waals surface area (Å²) in [5.41, 5.74) is 2.22. The highest BCUT2D eigenvalue weighted by Gasteiger charge is 2.30. The van der Waals surface area contributed by atoms with Crippen LogP contribution < -0.4 is 10.1 Å². The van der Waals surface area contributed by atoms with Gasteiger partial charge in [-0.3, -0.25) is 0 Å². The Morgan fingerprint density at radius 1 is 1.53 bits per heavy atom. The third-order valence-electron chi connectivity index (χ3n) is 3.13. The first-order valence-corrected chi connectivity index (χ1v) is 5.85. The molecule has 1 aliphatic rings. The van der Waals surface area contributed by atoms with Gasteiger partial charge in [0.15, 0.2) is 0 Å². The number of hydrogen-bond donors (Lipinski definition) is 1. The van der Waals surface area contributed by atoms with E-state index in [4.69, 9.17) is 4.74 Å². The van der Waals surface area contributed by atoms with Crippen LogP contribution in [0.2, 0.25) is 0 Å². The zero-order valence-corrected chi connectivity index (χ0v) is 10.5. The first-order chi connectivity index (χ1) is 8.15. The zero-order chi connectivity index (χ0) is 12.4. The molecule has 1 heterocycles. The van der Waals surface area contributed by atoms with Crippen LogP contribution >= 0.6 is 0 Å². The fraction of sp³-hybridized carbons (Fsp3) is 0.462. The van der Waals surface area contributed by atoms with Gasteiger partial charge in [0.05, 0.1) is 13.2 Å². The summed E-state index contributed by atoms with van der Waals surface area (Å²) < 4.78 is 5.35. The molecule has 2 amide bonds. The van der Waals surface area contributed by atoms with Crippen LogP contribution in [0.4, 0.5) is 4.79 Å². The van der Waals surface area contributed by atoms with Gasteiger partial charge in [0.2, 0.25) is 0 Å². The molecular formula is C13H18N2O2. The van der Waals surface area contributed by atoms with Crippen LogP contribution in [0.3, 0.4) is 0 Å². The summed E-state index contributed by atoms with van der Waals surface area (Å²) >= 11 is 0. The Morgan fingerprint density at radius 3 is 2.88 bits per heavy atom. The van der Waals surface area contributed by atoms with Gasteiger partial charge in [-0.15, -0.1) is 0 Å². The zero-order valence-electron chi connectivity index (χ0n) is 10.5. The third-order valence-corrected chi connectivity index (χ3v) is 3.13. The first kappa shape index (κ1) is 11.8. The van der Waals surface area contributed by atoms with Gasteiger partial charge in [0.25, 0.3) is 0 Å². The van der Waals surface area contributed by atoms with E-state index in [-0.39, 0.29) is 12.1 Å². The Kier molecular flexibility index (Phi) is 3.22. The number of nitrogens with zero attached hydrogens (tertiary/aromatic N) is 1. The van der Waals surface area contributed by atoms with E-state index in [0.29, 0.717) is 6.54 Å². The Morgan fingerprint density at radius 2 is 2.29 bits per heavy atom. The van der Waals surface area contributed by atoms with Crippen LogP contribution in [0.25, 0.3) is 0 Å². The Bertz CT molecular complexity index is 431. The monoisotopic (exact) mass is 234 g/mol. The largest absolute Gasteiger partial charge is 0.496 e. The van der Waals surface area contributed by atoms with Crippen molar-refractivity contribution in [2.45, 2.75) is 19.9 Å². The quantitative estimate of drug-likeness (QED) is 0.870. The lowest BCUT2D eigenvalue weighted by Crippen LogP contribution is -2.27. The predicted molar refractivity (Wildman–Crippen MR) is 66.3 cm³/mol. The molecule has 4 nitrogen and oxygen atoms in total. The van der Waals surface area contributed by atoms with E-state index in [9.17, 15) is 4.79 Å². The molecule has 0 spiro atoms. The minimum Gasteiger partial charge on any atom is -0.496 e. The highest BCUT2D eigenvalue weighted by atomic mass is 16.5. The van der Waals surface area contributed by atoms with Gasteiger partial charge in [-0.2, -0.15) is 0 Å². The average Bonchev–Trinajstić information content (AvgIpc) is 2.70. The standard InChI is InChI=1S/C13H18N2O2/c1-4-15-8-11(14-13(15)16)10-7-9(2)5-6-12(10)17-3/h5-7,11H,4,8H2,1-3H3,(H,14,16). The van der Waals surface area contributed by atoms with Gasteiger partial charge in [-0.05, 0) is 19.9 Å². The van der Waals surface area contributed by atoms with Crippen molar-refractivity contribution in [3.8, 4) is 5.75 Å². The van der Waals surface area contributed by atoms with Crippen molar-refractivity contribution in [2.75, 3.05) is 20.2 Å². The molecule has 0 radical (unpaired) electrons. The highest BCUT2D eigenvalue weighted by Crippen LogP contribution is 2.29. The van der Waals surface area contributed by atoms with Crippen molar-refractivity contribution < 1.29 is 9.53 Å². The lowest BCUT2D eigenvalue weighted by atomic mass is 10.0. The van der Waals surface area contributed by atoms with Gasteiger partial charge in [-0.25, -0.2) is 4.79 Å². The first-order valence-electron chi connectivity index (χ1n) is 5.85. The molecular weight excluding hydrogens is 216 g/mol. The summed E-state index contributed by atoms with van der Waals surface area (Å²) in [5, 5.41) is 2.98. The molecule has 1 aromatic carbocycles. The number of carbonyl (C=O) groups is 1. The Labute approximate surface area is 102 Å². The van der Waals surface area contributed by atoms with Crippen LogP contribution in [0.15, 0.2) is 18.2 Å². The van der Waals surface area contributed by atoms with Crippen molar-refractivity contribution in [2.24, 2.45) is 0 Å². The van der Waals surface area contributed by atoms with Crippen molar-refractivity contribution in [3.05, 3.63) is 29.3 Å². The molecule has 1 aromatic rings. The Balaban J connectivity index is 2.29. The summed E-state index contributed by atoms with van der Waals surface area (Å²) in [5.74, 6) is 0.832. The van der Waals surface area contributed by atoms with Crippen LogP contribution in [-0.2, 0) is 0 Å². The minimum atomic E-state index is 0.000981. The predicted octanol–water partition coefficient (Wildman–Crippen LogP) is 2.09. The van der Waals surface area contributed by atoms with E-state index >= 15 is 0 Å². The molecule has 1 atom stereocenters. The van der Waals surface area contributed by atoms with Crippen LogP contribution in [0.5, 0.6) is 5.75 Å². The van der Waals surface area contributed by atoms with E-state index in [0.717, 1.165) is 17.9 Å². The molecule has 1 aliphatic heterocycles. The summed E-state index contributed by atoms with van der Waals surface area (Å²) in [6.45, 7) is 5.46. The van der Waals surface area contributed by atoms with Gasteiger partial charge in [0, 0.05) is 18.7 Å². The van der Waals surface area contributed by atoms with Crippen molar-refractivity contribution in [3.63, 3.8) is 0 Å². The number of likely N-dealkylation sites (N-methyl/N-ethyl adjacent to an activating group) is 1. The molecule has 1 saturated heterocycles. The number of carbonyl (C=O) groups excluding carboxylic acids is 1. The number of amides is 2. The van der Waals surface area contributed by atoms with E-state index < -0.39 is 0 Å². The summed E-state index contributed by atoms with van der Waals surface area (Å²) in [4.78, 5) is 13.4. The van der Waals surface area contributed by atoms with Crippen LogP contribution in [-0.4, -0.2) is 31.1 Å². The van der Waals surface area contributed by atoms with E-state index in [1.165, 1.54) is 5.56 Å². The summed E-state index contributed by atoms with van der Waals surface area (Å²) in [7, 11) is 1.66.